The third kappa shape index (κ3) is 7.54. The van der Waals surface area contributed by atoms with Crippen molar-refractivity contribution in [1.82, 2.24) is 10.2 Å². The number of hydrogen-bond acceptors (Lipinski definition) is 3. The molecule has 0 aliphatic heterocycles. The maximum atomic E-state index is 11.2. The van der Waals surface area contributed by atoms with Crippen molar-refractivity contribution in [3.63, 3.8) is 0 Å². The largest absolute Gasteiger partial charge is 0.481 e. The number of hydrogen-bond donors (Lipinski definition) is 2. The van der Waals surface area contributed by atoms with Gasteiger partial charge in [0.2, 0.25) is 5.91 Å². The second kappa shape index (κ2) is 6.37. The molecule has 0 aromatic heterocycles. The van der Waals surface area contributed by atoms with Gasteiger partial charge < -0.3 is 15.3 Å². The second-order valence-electron chi connectivity index (χ2n) is 3.64. The number of carboxylic acids is 1. The van der Waals surface area contributed by atoms with Gasteiger partial charge in [0.25, 0.3) is 0 Å². The molecule has 1 unspecified atom stereocenters. The van der Waals surface area contributed by atoms with Crippen LogP contribution < -0.4 is 5.32 Å². The Labute approximate surface area is 84.1 Å². The van der Waals surface area contributed by atoms with Crippen LogP contribution in [0.15, 0.2) is 0 Å². The maximum absolute atomic E-state index is 11.2. The molecule has 2 N–H and O–H groups in total. The van der Waals surface area contributed by atoms with E-state index in [-0.39, 0.29) is 18.4 Å². The normalized spacial score (nSPS) is 12.6. The predicted molar refractivity (Wildman–Crippen MR) is 53.0 cm³/mol. The van der Waals surface area contributed by atoms with Crippen LogP contribution in [0.1, 0.15) is 19.8 Å². The average Bonchev–Trinajstić information content (AvgIpc) is 1.98. The fourth-order valence-electron chi connectivity index (χ4n) is 1.02. The first kappa shape index (κ1) is 12.9. The smallest absolute Gasteiger partial charge is 0.303 e. The highest BCUT2D eigenvalue weighted by Crippen LogP contribution is 1.95. The Morgan fingerprint density at radius 1 is 1.43 bits per heavy atom. The fourth-order valence-corrected chi connectivity index (χ4v) is 1.02. The van der Waals surface area contributed by atoms with Crippen LogP contribution in [0.2, 0.25) is 0 Å². The molecule has 0 saturated carbocycles. The number of nitrogens with zero attached hydrogens (tertiary/aromatic N) is 1. The molecule has 0 radical (unpaired) electrons. The molecule has 82 valence electrons. The third-order valence-electron chi connectivity index (χ3n) is 1.66. The van der Waals surface area contributed by atoms with Gasteiger partial charge >= 0.3 is 5.97 Å². The van der Waals surface area contributed by atoms with Crippen molar-refractivity contribution in [2.24, 2.45) is 0 Å². The number of carboxylic acid groups (broad SMARTS) is 1. The summed E-state index contributed by atoms with van der Waals surface area (Å²) in [5.74, 6) is -0.911. The highest BCUT2D eigenvalue weighted by Gasteiger charge is 2.09. The first-order valence-corrected chi connectivity index (χ1v) is 4.57. The highest BCUT2D eigenvalue weighted by molar-refractivity contribution is 5.78. The van der Waals surface area contributed by atoms with Gasteiger partial charge in [-0.2, -0.15) is 0 Å². The molecule has 0 saturated heterocycles. The summed E-state index contributed by atoms with van der Waals surface area (Å²) < 4.78 is 0. The Morgan fingerprint density at radius 3 is 2.43 bits per heavy atom. The third-order valence-corrected chi connectivity index (χ3v) is 1.66. The molecule has 0 aliphatic carbocycles. The SMILES string of the molecule is CC(CCC(=O)O)NC(=O)CN(C)C. The summed E-state index contributed by atoms with van der Waals surface area (Å²) in [6.45, 7) is 2.13. The minimum absolute atomic E-state index is 0.0760. The molecule has 5 heteroatoms. The summed E-state index contributed by atoms with van der Waals surface area (Å²) in [5, 5.41) is 11.1. The molecule has 0 aromatic rings. The van der Waals surface area contributed by atoms with Gasteiger partial charge in [-0.3, -0.25) is 9.59 Å². The lowest BCUT2D eigenvalue weighted by molar-refractivity contribution is -0.137. The van der Waals surface area contributed by atoms with Crippen molar-refractivity contribution in [2.45, 2.75) is 25.8 Å². The Bertz CT molecular complexity index is 204. The number of carbonyl (C=O) groups excluding carboxylic acids is 1. The van der Waals surface area contributed by atoms with E-state index in [1.54, 1.807) is 11.8 Å². The van der Waals surface area contributed by atoms with Crippen molar-refractivity contribution in [3.05, 3.63) is 0 Å². The molecule has 1 atom stereocenters. The molecule has 0 bridgehead atoms. The van der Waals surface area contributed by atoms with Crippen LogP contribution in [0.4, 0.5) is 0 Å². The number of nitrogens with one attached hydrogen (secondary N) is 1. The van der Waals surface area contributed by atoms with Gasteiger partial charge in [0, 0.05) is 12.5 Å². The molecule has 5 nitrogen and oxygen atoms in total. The fraction of sp³-hybridized carbons (Fsp3) is 0.778. The standard InChI is InChI=1S/C9H18N2O3/c1-7(4-5-9(13)14)10-8(12)6-11(2)3/h7H,4-6H2,1-3H3,(H,10,12)(H,13,14). The summed E-state index contributed by atoms with van der Waals surface area (Å²) in [6.07, 6.45) is 0.553. The van der Waals surface area contributed by atoms with Gasteiger partial charge in [-0.25, -0.2) is 0 Å². The maximum Gasteiger partial charge on any atom is 0.303 e. The lowest BCUT2D eigenvalue weighted by atomic mass is 10.2. The predicted octanol–water partition coefficient (Wildman–Crippen LogP) is -0.0825. The number of amides is 1. The monoisotopic (exact) mass is 202 g/mol. The van der Waals surface area contributed by atoms with Crippen LogP contribution >= 0.6 is 0 Å². The number of carbonyl (C=O) groups is 2. The van der Waals surface area contributed by atoms with E-state index in [4.69, 9.17) is 5.11 Å². The number of aliphatic carboxylic acids is 1. The number of likely N-dealkylation sites (N-methyl/N-ethyl adjacent to an activating group) is 1. The van der Waals surface area contributed by atoms with Crippen molar-refractivity contribution in [3.8, 4) is 0 Å². The first-order valence-electron chi connectivity index (χ1n) is 4.57. The average molecular weight is 202 g/mol. The van der Waals surface area contributed by atoms with E-state index < -0.39 is 5.97 Å². The minimum atomic E-state index is -0.835. The summed E-state index contributed by atoms with van der Waals surface area (Å²) in [4.78, 5) is 23.2. The van der Waals surface area contributed by atoms with Crippen LogP contribution in [-0.2, 0) is 9.59 Å². The molecule has 14 heavy (non-hydrogen) atoms. The van der Waals surface area contributed by atoms with E-state index >= 15 is 0 Å². The van der Waals surface area contributed by atoms with Gasteiger partial charge in [-0.15, -0.1) is 0 Å². The van der Waals surface area contributed by atoms with Crippen LogP contribution in [0.25, 0.3) is 0 Å². The van der Waals surface area contributed by atoms with Crippen LogP contribution in [0.3, 0.4) is 0 Å². The van der Waals surface area contributed by atoms with Crippen molar-refractivity contribution < 1.29 is 14.7 Å². The second-order valence-corrected chi connectivity index (χ2v) is 3.64. The summed E-state index contributed by atoms with van der Waals surface area (Å²) in [7, 11) is 3.61. The van der Waals surface area contributed by atoms with E-state index in [1.807, 2.05) is 14.1 Å². The Balaban J connectivity index is 3.65. The molecule has 0 spiro atoms. The van der Waals surface area contributed by atoms with Crippen molar-refractivity contribution in [2.75, 3.05) is 20.6 Å². The zero-order valence-corrected chi connectivity index (χ0v) is 8.91. The van der Waals surface area contributed by atoms with Crippen LogP contribution in [-0.4, -0.2) is 48.6 Å². The van der Waals surface area contributed by atoms with E-state index in [0.717, 1.165) is 0 Å². The molecular weight excluding hydrogens is 184 g/mol. The Hall–Kier alpha value is -1.10. The highest BCUT2D eigenvalue weighted by atomic mass is 16.4. The lowest BCUT2D eigenvalue weighted by Crippen LogP contribution is -2.38. The summed E-state index contributed by atoms with van der Waals surface area (Å²) >= 11 is 0. The van der Waals surface area contributed by atoms with Crippen LogP contribution in [0, 0.1) is 0 Å². The quantitative estimate of drug-likeness (QED) is 0.632. The topological polar surface area (TPSA) is 69.6 Å². The minimum Gasteiger partial charge on any atom is -0.481 e. The molecule has 1 amide bonds. The Kier molecular flexibility index (Phi) is 5.87. The zero-order valence-electron chi connectivity index (χ0n) is 8.91. The summed E-state index contributed by atoms with van der Waals surface area (Å²) in [5.41, 5.74) is 0. The van der Waals surface area contributed by atoms with Crippen molar-refractivity contribution in [1.29, 1.82) is 0 Å². The number of rotatable bonds is 6. The van der Waals surface area contributed by atoms with E-state index in [1.165, 1.54) is 0 Å². The molecular formula is C9H18N2O3. The van der Waals surface area contributed by atoms with E-state index in [2.05, 4.69) is 5.32 Å². The van der Waals surface area contributed by atoms with Crippen molar-refractivity contribution >= 4 is 11.9 Å². The van der Waals surface area contributed by atoms with Gasteiger partial charge in [0.05, 0.1) is 6.54 Å². The van der Waals surface area contributed by atoms with E-state index in [0.29, 0.717) is 13.0 Å². The van der Waals surface area contributed by atoms with Crippen LogP contribution in [0.5, 0.6) is 0 Å². The molecule has 0 rings (SSSR count). The molecule has 0 heterocycles. The lowest BCUT2D eigenvalue weighted by Gasteiger charge is -2.15. The summed E-state index contributed by atoms with van der Waals surface area (Å²) in [6, 6.07) is -0.0847. The molecule has 0 aliphatic rings. The van der Waals surface area contributed by atoms with Gasteiger partial charge in [-0.05, 0) is 27.4 Å². The zero-order chi connectivity index (χ0) is 11.1. The Morgan fingerprint density at radius 2 is 2.00 bits per heavy atom. The van der Waals surface area contributed by atoms with Gasteiger partial charge in [0.15, 0.2) is 0 Å². The van der Waals surface area contributed by atoms with Gasteiger partial charge in [0.1, 0.15) is 0 Å². The van der Waals surface area contributed by atoms with Gasteiger partial charge in [-0.1, -0.05) is 0 Å². The van der Waals surface area contributed by atoms with E-state index in [9.17, 15) is 9.59 Å². The molecule has 0 aromatic carbocycles. The molecule has 0 fully saturated rings. The first-order chi connectivity index (χ1) is 6.41.